The number of nitrogens with one attached hydrogen (secondary N) is 1. The van der Waals surface area contributed by atoms with Gasteiger partial charge in [0, 0.05) is 22.9 Å². The quantitative estimate of drug-likeness (QED) is 0.803. The van der Waals surface area contributed by atoms with Crippen LogP contribution in [-0.4, -0.2) is 28.1 Å². The highest BCUT2D eigenvalue weighted by Gasteiger charge is 2.14. The van der Waals surface area contributed by atoms with Crippen LogP contribution in [0.2, 0.25) is 0 Å². The van der Waals surface area contributed by atoms with E-state index in [0.29, 0.717) is 12.1 Å². The Hall–Kier alpha value is -2.14. The predicted octanol–water partition coefficient (Wildman–Crippen LogP) is 3.21. The normalized spacial score (nSPS) is 10.9. The molecule has 3 aromatic rings. The summed E-state index contributed by atoms with van der Waals surface area (Å²) in [6, 6.07) is 7.69. The zero-order valence-corrected chi connectivity index (χ0v) is 12.2. The lowest BCUT2D eigenvalue weighted by Crippen LogP contribution is -2.26. The van der Waals surface area contributed by atoms with E-state index in [9.17, 15) is 4.79 Å². The van der Waals surface area contributed by atoms with Crippen LogP contribution in [0, 0.1) is 6.92 Å². The van der Waals surface area contributed by atoms with E-state index in [2.05, 4.69) is 28.6 Å². The molecule has 0 saturated heterocycles. The summed E-state index contributed by atoms with van der Waals surface area (Å²) in [4.78, 5) is 15.4. The minimum atomic E-state index is 0.0225. The SMILES string of the molecule is Cc1ccsc1CN(C)C(=O)c1ccc2cn[nH]c2c1. The number of hydrogen-bond acceptors (Lipinski definition) is 3. The van der Waals surface area contributed by atoms with Gasteiger partial charge in [-0.05, 0) is 36.1 Å². The molecule has 4 nitrogen and oxygen atoms in total. The summed E-state index contributed by atoms with van der Waals surface area (Å²) >= 11 is 1.68. The van der Waals surface area contributed by atoms with Gasteiger partial charge in [-0.1, -0.05) is 6.07 Å². The highest BCUT2D eigenvalue weighted by atomic mass is 32.1. The Balaban J connectivity index is 1.82. The third-order valence-corrected chi connectivity index (χ3v) is 4.39. The van der Waals surface area contributed by atoms with Crippen molar-refractivity contribution in [1.29, 1.82) is 0 Å². The Morgan fingerprint density at radius 2 is 2.25 bits per heavy atom. The molecule has 3 rings (SSSR count). The zero-order valence-electron chi connectivity index (χ0n) is 11.4. The van der Waals surface area contributed by atoms with Crippen molar-refractivity contribution in [3.05, 3.63) is 51.8 Å². The van der Waals surface area contributed by atoms with Crippen LogP contribution in [0.1, 0.15) is 20.8 Å². The third-order valence-electron chi connectivity index (χ3n) is 3.38. The average Bonchev–Trinajstić information content (AvgIpc) is 3.06. The van der Waals surface area contributed by atoms with Gasteiger partial charge in [0.2, 0.25) is 0 Å². The molecule has 0 bridgehead atoms. The van der Waals surface area contributed by atoms with Crippen LogP contribution in [0.5, 0.6) is 0 Å². The molecule has 2 heterocycles. The van der Waals surface area contributed by atoms with E-state index in [1.165, 1.54) is 10.4 Å². The monoisotopic (exact) mass is 285 g/mol. The average molecular weight is 285 g/mol. The van der Waals surface area contributed by atoms with Crippen LogP contribution < -0.4 is 0 Å². The van der Waals surface area contributed by atoms with Crippen LogP contribution in [0.4, 0.5) is 0 Å². The molecule has 20 heavy (non-hydrogen) atoms. The van der Waals surface area contributed by atoms with Crippen LogP contribution in [-0.2, 0) is 6.54 Å². The fraction of sp³-hybridized carbons (Fsp3) is 0.200. The third kappa shape index (κ3) is 2.32. The molecule has 0 aliphatic rings. The standard InChI is InChI=1S/C15H15N3OS/c1-10-5-6-20-14(10)9-18(2)15(19)11-3-4-12-8-16-17-13(12)7-11/h3-8H,9H2,1-2H3,(H,16,17). The molecule has 0 fully saturated rings. The van der Waals surface area contributed by atoms with Gasteiger partial charge in [-0.15, -0.1) is 11.3 Å². The number of nitrogens with zero attached hydrogens (tertiary/aromatic N) is 2. The summed E-state index contributed by atoms with van der Waals surface area (Å²) in [5, 5.41) is 9.93. The first-order valence-electron chi connectivity index (χ1n) is 6.37. The van der Waals surface area contributed by atoms with Crippen molar-refractivity contribution in [3.8, 4) is 0 Å². The van der Waals surface area contributed by atoms with E-state index in [1.807, 2.05) is 25.2 Å². The number of H-pyrrole nitrogens is 1. The van der Waals surface area contributed by atoms with Gasteiger partial charge in [-0.25, -0.2) is 0 Å². The summed E-state index contributed by atoms with van der Waals surface area (Å²) in [5.74, 6) is 0.0225. The van der Waals surface area contributed by atoms with Gasteiger partial charge >= 0.3 is 0 Å². The van der Waals surface area contributed by atoms with Gasteiger partial charge < -0.3 is 4.90 Å². The molecular weight excluding hydrogens is 270 g/mol. The van der Waals surface area contributed by atoms with Crippen LogP contribution >= 0.6 is 11.3 Å². The van der Waals surface area contributed by atoms with Crippen LogP contribution in [0.25, 0.3) is 10.9 Å². The Morgan fingerprint density at radius 1 is 1.40 bits per heavy atom. The number of aromatic amines is 1. The maximum absolute atomic E-state index is 12.4. The summed E-state index contributed by atoms with van der Waals surface area (Å²) in [6.07, 6.45) is 1.75. The van der Waals surface area contributed by atoms with Crippen molar-refractivity contribution in [2.75, 3.05) is 7.05 Å². The van der Waals surface area contributed by atoms with Crippen molar-refractivity contribution in [2.24, 2.45) is 0 Å². The fourth-order valence-corrected chi connectivity index (χ4v) is 3.10. The second-order valence-electron chi connectivity index (χ2n) is 4.86. The minimum absolute atomic E-state index is 0.0225. The highest BCUT2D eigenvalue weighted by molar-refractivity contribution is 7.10. The lowest BCUT2D eigenvalue weighted by Gasteiger charge is -2.17. The number of amides is 1. The number of hydrogen-bond donors (Lipinski definition) is 1. The number of fused-ring (bicyclic) bond motifs is 1. The van der Waals surface area contributed by atoms with Gasteiger partial charge in [-0.2, -0.15) is 5.10 Å². The number of rotatable bonds is 3. The van der Waals surface area contributed by atoms with Gasteiger partial charge in [0.15, 0.2) is 0 Å². The first kappa shape index (κ1) is 12.9. The van der Waals surface area contributed by atoms with Gasteiger partial charge in [0.25, 0.3) is 5.91 Å². The smallest absolute Gasteiger partial charge is 0.253 e. The summed E-state index contributed by atoms with van der Waals surface area (Å²) in [7, 11) is 1.83. The van der Waals surface area contributed by atoms with E-state index >= 15 is 0 Å². The molecule has 0 atom stereocenters. The molecule has 0 radical (unpaired) electrons. The lowest BCUT2D eigenvalue weighted by molar-refractivity contribution is 0.0786. The number of carbonyl (C=O) groups is 1. The highest BCUT2D eigenvalue weighted by Crippen LogP contribution is 2.19. The molecule has 1 N–H and O–H groups in total. The number of carbonyl (C=O) groups excluding carboxylic acids is 1. The number of benzene rings is 1. The topological polar surface area (TPSA) is 49.0 Å². The van der Waals surface area contributed by atoms with E-state index in [0.717, 1.165) is 10.9 Å². The lowest BCUT2D eigenvalue weighted by atomic mass is 10.1. The summed E-state index contributed by atoms with van der Waals surface area (Å²) < 4.78 is 0. The molecule has 1 aromatic carbocycles. The van der Waals surface area contributed by atoms with E-state index in [4.69, 9.17) is 0 Å². The van der Waals surface area contributed by atoms with Gasteiger partial charge in [0.05, 0.1) is 18.3 Å². The van der Waals surface area contributed by atoms with Crippen molar-refractivity contribution in [2.45, 2.75) is 13.5 Å². The van der Waals surface area contributed by atoms with Crippen molar-refractivity contribution >= 4 is 28.1 Å². The Bertz CT molecular complexity index is 759. The predicted molar refractivity (Wildman–Crippen MR) is 80.9 cm³/mol. The fourth-order valence-electron chi connectivity index (χ4n) is 2.14. The molecule has 2 aromatic heterocycles. The first-order chi connectivity index (χ1) is 9.65. The molecule has 0 saturated carbocycles. The van der Waals surface area contributed by atoms with Crippen molar-refractivity contribution in [1.82, 2.24) is 15.1 Å². The van der Waals surface area contributed by atoms with Crippen molar-refractivity contribution in [3.63, 3.8) is 0 Å². The molecule has 0 aliphatic heterocycles. The second kappa shape index (κ2) is 5.09. The number of aryl methyl sites for hydroxylation is 1. The maximum Gasteiger partial charge on any atom is 0.253 e. The molecule has 102 valence electrons. The molecule has 0 unspecified atom stereocenters. The summed E-state index contributed by atoms with van der Waals surface area (Å²) in [6.45, 7) is 2.71. The number of aromatic nitrogens is 2. The Morgan fingerprint density at radius 3 is 3.00 bits per heavy atom. The van der Waals surface area contributed by atoms with Crippen LogP contribution in [0.15, 0.2) is 35.8 Å². The molecule has 1 amide bonds. The minimum Gasteiger partial charge on any atom is -0.337 e. The molecule has 5 heteroatoms. The zero-order chi connectivity index (χ0) is 14.1. The number of thiophene rings is 1. The molecule has 0 aliphatic carbocycles. The van der Waals surface area contributed by atoms with Crippen molar-refractivity contribution < 1.29 is 4.79 Å². The first-order valence-corrected chi connectivity index (χ1v) is 7.24. The van der Waals surface area contributed by atoms with E-state index < -0.39 is 0 Å². The summed E-state index contributed by atoms with van der Waals surface area (Å²) in [5.41, 5.74) is 2.80. The Labute approximate surface area is 121 Å². The molecule has 0 spiro atoms. The second-order valence-corrected chi connectivity index (χ2v) is 5.86. The largest absolute Gasteiger partial charge is 0.337 e. The maximum atomic E-state index is 12.4. The van der Waals surface area contributed by atoms with E-state index in [-0.39, 0.29) is 5.91 Å². The van der Waals surface area contributed by atoms with Gasteiger partial charge in [-0.3, -0.25) is 9.89 Å². The van der Waals surface area contributed by atoms with E-state index in [1.54, 1.807) is 22.4 Å². The van der Waals surface area contributed by atoms with Gasteiger partial charge in [0.1, 0.15) is 0 Å². The van der Waals surface area contributed by atoms with Crippen LogP contribution in [0.3, 0.4) is 0 Å². The Kier molecular flexibility index (Phi) is 3.28. The molecular formula is C15H15N3OS.